The van der Waals surface area contributed by atoms with E-state index in [0.29, 0.717) is 31.5 Å². The fourth-order valence-corrected chi connectivity index (χ4v) is 7.51. The first kappa shape index (κ1) is 40.0. The maximum atomic E-state index is 13.7. The zero-order chi connectivity index (χ0) is 34.4. The lowest BCUT2D eigenvalue weighted by atomic mass is 9.98. The topological polar surface area (TPSA) is 157 Å². The van der Waals surface area contributed by atoms with Crippen molar-refractivity contribution in [2.75, 3.05) is 26.3 Å². The van der Waals surface area contributed by atoms with Crippen LogP contribution in [0.25, 0.3) is 44.4 Å². The predicted octanol–water partition coefficient (Wildman–Crippen LogP) is 7.29. The summed E-state index contributed by atoms with van der Waals surface area (Å²) in [6.07, 6.45) is 5.14. The molecule has 5 aromatic rings. The molecule has 15 heteroatoms. The van der Waals surface area contributed by atoms with Gasteiger partial charge in [-0.1, -0.05) is 62.4 Å². The van der Waals surface area contributed by atoms with Crippen LogP contribution in [0.15, 0.2) is 73.1 Å². The van der Waals surface area contributed by atoms with Crippen LogP contribution in [0.3, 0.4) is 0 Å². The first-order chi connectivity index (χ1) is 24.2. The molecular weight excluding hydrogens is 741 g/mol. The molecule has 3 saturated heterocycles. The molecular formula is C38H44Cl3N7O5. The zero-order valence-corrected chi connectivity index (χ0v) is 31.8. The minimum atomic E-state index is -1.24. The number of nitrogens with zero attached hydrogens (tertiary/aromatic N) is 3. The number of fused-ring (bicyclic) bond motifs is 1. The van der Waals surface area contributed by atoms with E-state index in [1.807, 2.05) is 20.0 Å². The maximum Gasteiger partial charge on any atom is 0.405 e. The van der Waals surface area contributed by atoms with Crippen molar-refractivity contribution >= 4 is 60.0 Å². The van der Waals surface area contributed by atoms with E-state index in [2.05, 4.69) is 91.2 Å². The second-order valence-corrected chi connectivity index (χ2v) is 13.8. The molecule has 12 nitrogen and oxygen atoms in total. The highest BCUT2D eigenvalue weighted by Gasteiger charge is 2.52. The van der Waals surface area contributed by atoms with Crippen molar-refractivity contribution in [1.29, 1.82) is 0 Å². The molecule has 5 heterocycles. The van der Waals surface area contributed by atoms with Crippen LogP contribution in [0.2, 0.25) is 0 Å². The highest BCUT2D eigenvalue weighted by Crippen LogP contribution is 2.43. The van der Waals surface area contributed by atoms with E-state index in [9.17, 15) is 14.7 Å². The Morgan fingerprint density at radius 3 is 2.08 bits per heavy atom. The molecule has 2 aromatic heterocycles. The summed E-state index contributed by atoms with van der Waals surface area (Å²) >= 11 is 0. The van der Waals surface area contributed by atoms with Gasteiger partial charge in [-0.3, -0.25) is 4.79 Å². The van der Waals surface area contributed by atoms with Crippen LogP contribution in [-0.4, -0.2) is 80.1 Å². The molecule has 3 aromatic carbocycles. The van der Waals surface area contributed by atoms with Crippen molar-refractivity contribution in [2.24, 2.45) is 5.92 Å². The minimum Gasteiger partial charge on any atom is -0.465 e. The number of carboxylic acid groups (broad SMARTS) is 1. The summed E-state index contributed by atoms with van der Waals surface area (Å²) in [4.78, 5) is 43.2. The van der Waals surface area contributed by atoms with Crippen molar-refractivity contribution in [2.45, 2.75) is 57.0 Å². The van der Waals surface area contributed by atoms with Crippen LogP contribution in [0.4, 0.5) is 4.79 Å². The largest absolute Gasteiger partial charge is 0.465 e. The van der Waals surface area contributed by atoms with Gasteiger partial charge in [0, 0.05) is 12.0 Å². The molecule has 0 aliphatic carbocycles. The average molecular weight is 785 g/mol. The summed E-state index contributed by atoms with van der Waals surface area (Å²) < 4.78 is 11.9. The van der Waals surface area contributed by atoms with Crippen LogP contribution in [0.5, 0.6) is 0 Å². The number of aromatic amines is 2. The SMILES string of the molecule is CC(C)C(NC(=O)O)C(=O)N1CC2(C[C@H]1c1ncc(-c3ccc(-c4ccc5cc(-c6cnc([C@@H]7CCCN7)[nH]6)ccc5c4)cc3)[nH]1)OCCO2.Cl.Cl.Cl. The molecule has 53 heavy (non-hydrogen) atoms. The van der Waals surface area contributed by atoms with Gasteiger partial charge in [-0.15, -0.1) is 37.2 Å². The van der Waals surface area contributed by atoms with Crippen LogP contribution in [0, 0.1) is 5.92 Å². The summed E-state index contributed by atoms with van der Waals surface area (Å²) in [6, 6.07) is 20.3. The third-order valence-electron chi connectivity index (χ3n) is 10.2. The van der Waals surface area contributed by atoms with E-state index in [0.717, 1.165) is 63.2 Å². The molecule has 3 aliphatic rings. The zero-order valence-electron chi connectivity index (χ0n) is 29.3. The number of hydrogen-bond acceptors (Lipinski definition) is 7. The number of imidazole rings is 2. The normalized spacial score (nSPS) is 19.5. The van der Waals surface area contributed by atoms with Gasteiger partial charge < -0.3 is 40.1 Å². The Morgan fingerprint density at radius 2 is 1.43 bits per heavy atom. The first-order valence-corrected chi connectivity index (χ1v) is 17.3. The van der Waals surface area contributed by atoms with Crippen molar-refractivity contribution in [3.8, 4) is 33.6 Å². The van der Waals surface area contributed by atoms with E-state index in [1.54, 1.807) is 11.1 Å². The summed E-state index contributed by atoms with van der Waals surface area (Å²) in [7, 11) is 0. The van der Waals surface area contributed by atoms with E-state index < -0.39 is 24.0 Å². The number of nitrogens with one attached hydrogen (secondary N) is 4. The maximum absolute atomic E-state index is 13.7. The van der Waals surface area contributed by atoms with Gasteiger partial charge in [-0.05, 0) is 64.9 Å². The van der Waals surface area contributed by atoms with Crippen molar-refractivity contribution in [3.63, 3.8) is 0 Å². The van der Waals surface area contributed by atoms with E-state index >= 15 is 0 Å². The fourth-order valence-electron chi connectivity index (χ4n) is 7.51. The van der Waals surface area contributed by atoms with Crippen LogP contribution >= 0.6 is 37.2 Å². The van der Waals surface area contributed by atoms with Gasteiger partial charge in [0.05, 0.1) is 55.6 Å². The number of carbonyl (C=O) groups is 2. The minimum absolute atomic E-state index is 0. The van der Waals surface area contributed by atoms with Crippen molar-refractivity contribution < 1.29 is 24.2 Å². The molecule has 282 valence electrons. The molecule has 5 N–H and O–H groups in total. The molecule has 1 spiro atoms. The van der Waals surface area contributed by atoms with Gasteiger partial charge in [0.25, 0.3) is 0 Å². The predicted molar refractivity (Wildman–Crippen MR) is 210 cm³/mol. The number of aromatic nitrogens is 4. The fraction of sp³-hybridized carbons (Fsp3) is 0.368. The van der Waals surface area contributed by atoms with Gasteiger partial charge in [0.2, 0.25) is 5.91 Å². The average Bonchev–Trinajstić information content (AvgIpc) is 3.97. The van der Waals surface area contributed by atoms with E-state index in [-0.39, 0.29) is 55.6 Å². The number of benzene rings is 3. The Morgan fingerprint density at radius 1 is 0.849 bits per heavy atom. The molecule has 0 bridgehead atoms. The third-order valence-corrected chi connectivity index (χ3v) is 10.2. The van der Waals surface area contributed by atoms with Gasteiger partial charge in [-0.2, -0.15) is 0 Å². The quantitative estimate of drug-likeness (QED) is 0.110. The Labute approximate surface area is 326 Å². The lowest BCUT2D eigenvalue weighted by Gasteiger charge is -2.29. The number of likely N-dealkylation sites (tertiary alicyclic amines) is 1. The summed E-state index contributed by atoms with van der Waals surface area (Å²) in [6.45, 7) is 5.74. The number of halogens is 3. The monoisotopic (exact) mass is 783 g/mol. The molecule has 0 saturated carbocycles. The molecule has 0 radical (unpaired) electrons. The van der Waals surface area contributed by atoms with Gasteiger partial charge in [-0.25, -0.2) is 14.8 Å². The Kier molecular flexibility index (Phi) is 12.4. The highest BCUT2D eigenvalue weighted by molar-refractivity contribution is 5.91. The van der Waals surface area contributed by atoms with Gasteiger partial charge in [0.15, 0.2) is 5.79 Å². The Bertz CT molecular complexity index is 2040. The van der Waals surface area contributed by atoms with Gasteiger partial charge >= 0.3 is 6.09 Å². The number of amides is 2. The van der Waals surface area contributed by atoms with Crippen molar-refractivity contribution in [3.05, 3.63) is 84.7 Å². The first-order valence-electron chi connectivity index (χ1n) is 17.3. The summed E-state index contributed by atoms with van der Waals surface area (Å²) in [5, 5.41) is 17.6. The number of carbonyl (C=O) groups excluding carboxylic acids is 1. The van der Waals surface area contributed by atoms with Crippen molar-refractivity contribution in [1.82, 2.24) is 35.5 Å². The number of rotatable bonds is 8. The third kappa shape index (κ3) is 8.03. The molecule has 3 fully saturated rings. The Balaban J connectivity index is 0.00000180. The van der Waals surface area contributed by atoms with E-state index in [1.165, 1.54) is 6.42 Å². The molecule has 3 aliphatic heterocycles. The number of H-pyrrole nitrogens is 2. The molecule has 2 amide bonds. The summed E-state index contributed by atoms with van der Waals surface area (Å²) in [5.74, 6) is 0.0919. The van der Waals surface area contributed by atoms with Gasteiger partial charge in [0.1, 0.15) is 17.7 Å². The van der Waals surface area contributed by atoms with Crippen LogP contribution < -0.4 is 10.6 Å². The lowest BCUT2D eigenvalue weighted by molar-refractivity contribution is -0.153. The second kappa shape index (κ2) is 16.5. The Hall–Kier alpha value is -4.17. The molecule has 1 unspecified atom stereocenters. The summed E-state index contributed by atoms with van der Waals surface area (Å²) in [5.41, 5.74) is 6.13. The smallest absolute Gasteiger partial charge is 0.405 e. The number of hydrogen-bond donors (Lipinski definition) is 5. The number of ether oxygens (including phenoxy) is 2. The molecule has 3 atom stereocenters. The standard InChI is InChI=1S/C38H41N7O5.3ClH/c1-22(2)33(44-37(47)48)36(46)45-21-38(49-14-15-50-38)18-32(45)35-41-19-30(43-35)24-7-5-23(6-8-24)25-9-10-27-17-28(12-11-26(27)16-25)31-20-40-34(42-31)29-4-3-13-39-29;;;/h5-12,16-17,19-20,22,29,32-33,39,44H,3-4,13-15,18,21H2,1-2H3,(H,40,42)(H,41,43)(H,47,48);3*1H/t29-,32-,33?;;;/m0.../s1. The van der Waals surface area contributed by atoms with E-state index in [4.69, 9.17) is 9.47 Å². The second-order valence-electron chi connectivity index (χ2n) is 13.8. The van der Waals surface area contributed by atoms with Crippen LogP contribution in [0.1, 0.15) is 56.8 Å². The lowest BCUT2D eigenvalue weighted by Crippen LogP contribution is -2.51. The van der Waals surface area contributed by atoms with Crippen LogP contribution in [-0.2, 0) is 14.3 Å². The highest BCUT2D eigenvalue weighted by atomic mass is 35.5. The molecule has 8 rings (SSSR count).